The number of rotatable bonds is 10. The van der Waals surface area contributed by atoms with Crippen LogP contribution in [0.4, 0.5) is 9.59 Å². The summed E-state index contributed by atoms with van der Waals surface area (Å²) >= 11 is 0. The molecular weight excluding hydrogens is 566 g/mol. The number of alkyl carbamates (subject to hydrolysis) is 1. The SMILES string of the molecule is CC1CCNC(OCC(=O)OCc2ccccc2)C1C1=CCC(OC[C@@H]2C(NC(=O)OC(C)(C)C)CCCN2C(=O)O)CC1. The van der Waals surface area contributed by atoms with Gasteiger partial charge >= 0.3 is 18.2 Å². The van der Waals surface area contributed by atoms with Gasteiger partial charge in [0.05, 0.1) is 24.8 Å². The Labute approximate surface area is 260 Å². The highest BCUT2D eigenvalue weighted by molar-refractivity contribution is 5.70. The van der Waals surface area contributed by atoms with Crippen LogP contribution in [0.2, 0.25) is 0 Å². The van der Waals surface area contributed by atoms with Gasteiger partial charge in [-0.05, 0) is 77.3 Å². The first-order chi connectivity index (χ1) is 21.0. The fraction of sp³-hybridized carbons (Fsp3) is 0.667. The van der Waals surface area contributed by atoms with Crippen molar-refractivity contribution in [3.63, 3.8) is 0 Å². The number of carboxylic acid groups (broad SMARTS) is 1. The molecule has 244 valence electrons. The van der Waals surface area contributed by atoms with E-state index in [1.165, 1.54) is 10.5 Å². The van der Waals surface area contributed by atoms with Crippen LogP contribution in [0.15, 0.2) is 42.0 Å². The van der Waals surface area contributed by atoms with E-state index in [1.54, 1.807) is 20.8 Å². The summed E-state index contributed by atoms with van der Waals surface area (Å²) in [5.74, 6) is 0.127. The molecule has 1 aromatic rings. The molecule has 44 heavy (non-hydrogen) atoms. The number of esters is 1. The van der Waals surface area contributed by atoms with Crippen molar-refractivity contribution >= 4 is 18.2 Å². The van der Waals surface area contributed by atoms with Gasteiger partial charge in [0.2, 0.25) is 0 Å². The van der Waals surface area contributed by atoms with Gasteiger partial charge < -0.3 is 34.3 Å². The number of hydrogen-bond acceptors (Lipinski definition) is 8. The molecule has 0 bridgehead atoms. The summed E-state index contributed by atoms with van der Waals surface area (Å²) in [7, 11) is 0. The molecule has 6 atom stereocenters. The van der Waals surface area contributed by atoms with Gasteiger partial charge in [0.15, 0.2) is 0 Å². The molecule has 0 spiro atoms. The number of benzene rings is 1. The summed E-state index contributed by atoms with van der Waals surface area (Å²) in [5, 5.41) is 16.2. The van der Waals surface area contributed by atoms with Gasteiger partial charge in [0, 0.05) is 12.5 Å². The Morgan fingerprint density at radius 1 is 1.09 bits per heavy atom. The lowest BCUT2D eigenvalue weighted by molar-refractivity contribution is -0.155. The van der Waals surface area contributed by atoms with E-state index in [9.17, 15) is 19.5 Å². The molecule has 2 fully saturated rings. The largest absolute Gasteiger partial charge is 0.465 e. The normalized spacial score (nSPS) is 27.6. The average Bonchev–Trinajstić information content (AvgIpc) is 2.98. The highest BCUT2D eigenvalue weighted by Crippen LogP contribution is 2.36. The van der Waals surface area contributed by atoms with Crippen molar-refractivity contribution in [2.75, 3.05) is 26.3 Å². The topological polar surface area (TPSA) is 136 Å². The molecule has 0 saturated carbocycles. The molecule has 3 aliphatic rings. The zero-order valence-corrected chi connectivity index (χ0v) is 26.5. The minimum absolute atomic E-state index is 0.0577. The first-order valence-corrected chi connectivity index (χ1v) is 15.8. The van der Waals surface area contributed by atoms with Crippen LogP contribution in [0, 0.1) is 11.8 Å². The van der Waals surface area contributed by atoms with Crippen LogP contribution in [0.5, 0.6) is 0 Å². The van der Waals surface area contributed by atoms with Crippen LogP contribution in [-0.4, -0.2) is 84.5 Å². The lowest BCUT2D eigenvalue weighted by Crippen LogP contribution is -2.59. The van der Waals surface area contributed by atoms with Gasteiger partial charge in [0.25, 0.3) is 0 Å². The molecule has 0 radical (unpaired) electrons. The van der Waals surface area contributed by atoms with Gasteiger partial charge in [0.1, 0.15) is 25.0 Å². The van der Waals surface area contributed by atoms with E-state index in [2.05, 4.69) is 23.6 Å². The number of nitrogens with one attached hydrogen (secondary N) is 2. The Morgan fingerprint density at radius 3 is 2.55 bits per heavy atom. The molecule has 5 unspecified atom stereocenters. The summed E-state index contributed by atoms with van der Waals surface area (Å²) in [6.07, 6.45) is 4.95. The smallest absolute Gasteiger partial charge is 0.407 e. The maximum absolute atomic E-state index is 12.5. The van der Waals surface area contributed by atoms with Gasteiger partial charge in [-0.2, -0.15) is 0 Å². The van der Waals surface area contributed by atoms with Crippen LogP contribution >= 0.6 is 0 Å². The maximum atomic E-state index is 12.5. The molecule has 1 aliphatic carbocycles. The highest BCUT2D eigenvalue weighted by Gasteiger charge is 2.38. The molecule has 2 saturated heterocycles. The molecule has 2 heterocycles. The number of piperidine rings is 2. The summed E-state index contributed by atoms with van der Waals surface area (Å²) in [6, 6.07) is 8.68. The van der Waals surface area contributed by atoms with Crippen LogP contribution in [-0.2, 0) is 30.3 Å². The van der Waals surface area contributed by atoms with Gasteiger partial charge in [-0.3, -0.25) is 5.32 Å². The molecule has 1 aromatic carbocycles. The Bertz CT molecular complexity index is 1140. The van der Waals surface area contributed by atoms with Crippen LogP contribution < -0.4 is 10.6 Å². The van der Waals surface area contributed by atoms with Crippen molar-refractivity contribution in [1.29, 1.82) is 0 Å². The Balaban J connectivity index is 1.30. The first-order valence-electron chi connectivity index (χ1n) is 15.8. The van der Waals surface area contributed by atoms with Gasteiger partial charge in [-0.15, -0.1) is 0 Å². The zero-order chi connectivity index (χ0) is 31.7. The number of amides is 2. The fourth-order valence-electron chi connectivity index (χ4n) is 6.37. The molecular formula is C33H49N3O8. The molecule has 2 aliphatic heterocycles. The monoisotopic (exact) mass is 615 g/mol. The van der Waals surface area contributed by atoms with E-state index in [-0.39, 0.29) is 38.1 Å². The standard InChI is InChI=1S/C33H49N3O8/c1-22-16-17-34-30(43-21-28(37)42-19-23-9-6-5-7-10-23)29(22)24-12-14-25(15-13-24)41-20-27-26(11-8-18-36(27)32(39)40)35-31(38)44-33(2,3)4/h5-7,9-10,12,22,25-27,29-30,34H,8,11,13-21H2,1-4H3,(H,35,38)(H,39,40)/t22?,25?,26?,27-,29?,30?/m1/s1. The molecule has 3 N–H and O–H groups in total. The minimum Gasteiger partial charge on any atom is -0.465 e. The third-order valence-corrected chi connectivity index (χ3v) is 8.56. The number of ether oxygens (including phenoxy) is 4. The first kappa shape index (κ1) is 33.7. The number of carbonyl (C=O) groups excluding carboxylic acids is 2. The van der Waals surface area contributed by atoms with Crippen molar-refractivity contribution in [2.45, 2.75) is 103 Å². The van der Waals surface area contributed by atoms with Crippen LogP contribution in [0.3, 0.4) is 0 Å². The van der Waals surface area contributed by atoms with E-state index < -0.39 is 35.8 Å². The van der Waals surface area contributed by atoms with E-state index >= 15 is 0 Å². The Morgan fingerprint density at radius 2 is 1.86 bits per heavy atom. The van der Waals surface area contributed by atoms with Crippen molar-refractivity contribution in [2.24, 2.45) is 11.8 Å². The van der Waals surface area contributed by atoms with Crippen molar-refractivity contribution in [3.05, 3.63) is 47.5 Å². The molecule has 0 aromatic heterocycles. The third-order valence-electron chi connectivity index (χ3n) is 8.56. The third kappa shape index (κ3) is 9.93. The quantitative estimate of drug-likeness (QED) is 0.249. The van der Waals surface area contributed by atoms with Gasteiger partial charge in [-0.25, -0.2) is 14.4 Å². The van der Waals surface area contributed by atoms with E-state index in [0.29, 0.717) is 31.7 Å². The second-order valence-electron chi connectivity index (χ2n) is 13.1. The Hall–Kier alpha value is -3.15. The second kappa shape index (κ2) is 15.7. The number of hydrogen-bond donors (Lipinski definition) is 3. The maximum Gasteiger partial charge on any atom is 0.407 e. The molecule has 2 amide bonds. The fourth-order valence-corrected chi connectivity index (χ4v) is 6.37. The predicted octanol–water partition coefficient (Wildman–Crippen LogP) is 4.85. The number of carbonyl (C=O) groups is 3. The lowest BCUT2D eigenvalue weighted by atomic mass is 9.77. The van der Waals surface area contributed by atoms with E-state index in [4.69, 9.17) is 18.9 Å². The summed E-state index contributed by atoms with van der Waals surface area (Å²) in [5.41, 5.74) is 1.58. The molecule has 11 heteroatoms. The zero-order valence-electron chi connectivity index (χ0n) is 26.5. The minimum atomic E-state index is -1.02. The van der Waals surface area contributed by atoms with E-state index in [0.717, 1.165) is 31.4 Å². The number of nitrogens with zero attached hydrogens (tertiary/aromatic N) is 1. The van der Waals surface area contributed by atoms with Gasteiger partial charge in [-0.1, -0.05) is 48.9 Å². The van der Waals surface area contributed by atoms with Crippen LogP contribution in [0.1, 0.15) is 71.8 Å². The lowest BCUT2D eigenvalue weighted by Gasteiger charge is -2.41. The van der Waals surface area contributed by atoms with E-state index in [1.807, 2.05) is 30.3 Å². The summed E-state index contributed by atoms with van der Waals surface area (Å²) in [4.78, 5) is 38.3. The second-order valence-corrected chi connectivity index (χ2v) is 13.1. The average molecular weight is 616 g/mol. The predicted molar refractivity (Wildman–Crippen MR) is 164 cm³/mol. The highest BCUT2D eigenvalue weighted by atomic mass is 16.6. The van der Waals surface area contributed by atoms with Crippen molar-refractivity contribution in [1.82, 2.24) is 15.5 Å². The van der Waals surface area contributed by atoms with Crippen molar-refractivity contribution < 1.29 is 38.4 Å². The number of likely N-dealkylation sites (tertiary alicyclic amines) is 1. The Kier molecular flexibility index (Phi) is 12.1. The van der Waals surface area contributed by atoms with Crippen molar-refractivity contribution in [3.8, 4) is 0 Å². The summed E-state index contributed by atoms with van der Waals surface area (Å²) in [6.45, 7) is 9.12. The van der Waals surface area contributed by atoms with Crippen LogP contribution in [0.25, 0.3) is 0 Å². The summed E-state index contributed by atoms with van der Waals surface area (Å²) < 4.78 is 23.2. The molecule has 11 nitrogen and oxygen atoms in total. The molecule has 4 rings (SSSR count).